The smallest absolute Gasteiger partial charge is 0.186 e. The van der Waals surface area contributed by atoms with Gasteiger partial charge < -0.3 is 15.2 Å². The quantitative estimate of drug-likeness (QED) is 0.841. The fourth-order valence-corrected chi connectivity index (χ4v) is 2.80. The molecular formula is C11H13F2NO4S. The highest BCUT2D eigenvalue weighted by atomic mass is 32.2. The first-order valence-corrected chi connectivity index (χ1v) is 7.44. The molecule has 1 aliphatic heterocycles. The van der Waals surface area contributed by atoms with E-state index in [1.165, 1.54) is 0 Å². The van der Waals surface area contributed by atoms with Gasteiger partial charge in [0.15, 0.2) is 21.4 Å². The molecule has 0 radical (unpaired) electrons. The number of ether oxygens (including phenoxy) is 1. The lowest BCUT2D eigenvalue weighted by Gasteiger charge is -2.25. The van der Waals surface area contributed by atoms with Gasteiger partial charge in [0.05, 0.1) is 12.7 Å². The maximum absolute atomic E-state index is 13.8. The summed E-state index contributed by atoms with van der Waals surface area (Å²) < 4.78 is 55.4. The molecule has 2 N–H and O–H groups in total. The van der Waals surface area contributed by atoms with Crippen LogP contribution >= 0.6 is 0 Å². The molecular weight excluding hydrogens is 280 g/mol. The molecule has 0 bridgehead atoms. The maximum Gasteiger partial charge on any atom is 0.186 e. The van der Waals surface area contributed by atoms with Crippen LogP contribution in [0.15, 0.2) is 11.0 Å². The van der Waals surface area contributed by atoms with E-state index in [0.29, 0.717) is 19.4 Å². The van der Waals surface area contributed by atoms with Crippen molar-refractivity contribution in [1.82, 2.24) is 5.32 Å². The number of hydrogen-bond acceptors (Lipinski definition) is 5. The molecule has 19 heavy (non-hydrogen) atoms. The molecule has 1 unspecified atom stereocenters. The summed E-state index contributed by atoms with van der Waals surface area (Å²) in [6, 6.07) is 0.798. The van der Waals surface area contributed by atoms with E-state index in [-0.39, 0.29) is 12.1 Å². The third-order valence-electron chi connectivity index (χ3n) is 2.83. The van der Waals surface area contributed by atoms with Gasteiger partial charge in [-0.3, -0.25) is 0 Å². The van der Waals surface area contributed by atoms with Crippen molar-refractivity contribution in [1.29, 1.82) is 0 Å². The van der Waals surface area contributed by atoms with Crippen molar-refractivity contribution < 1.29 is 27.0 Å². The lowest BCUT2D eigenvalue weighted by molar-refractivity contribution is 0.0256. The summed E-state index contributed by atoms with van der Waals surface area (Å²) in [4.78, 5) is -1.13. The molecule has 0 spiro atoms. The minimum absolute atomic E-state index is 0.102. The van der Waals surface area contributed by atoms with E-state index in [1.54, 1.807) is 0 Å². The Morgan fingerprint density at radius 3 is 2.68 bits per heavy atom. The molecule has 0 aromatic heterocycles. The van der Waals surface area contributed by atoms with E-state index in [4.69, 9.17) is 4.74 Å². The largest absolute Gasteiger partial charge is 0.505 e. The van der Waals surface area contributed by atoms with Crippen molar-refractivity contribution in [2.45, 2.75) is 11.0 Å². The highest BCUT2D eigenvalue weighted by molar-refractivity contribution is 7.90. The fraction of sp³-hybridized carbons (Fsp3) is 0.455. The highest BCUT2D eigenvalue weighted by Gasteiger charge is 2.29. The summed E-state index contributed by atoms with van der Waals surface area (Å²) in [5.74, 6) is -3.61. The van der Waals surface area contributed by atoms with Crippen LogP contribution in [-0.4, -0.2) is 39.5 Å². The van der Waals surface area contributed by atoms with Crippen LogP contribution in [0.4, 0.5) is 8.78 Å². The summed E-state index contributed by atoms with van der Waals surface area (Å²) in [5, 5.41) is 12.6. The zero-order valence-corrected chi connectivity index (χ0v) is 10.9. The predicted molar refractivity (Wildman–Crippen MR) is 62.7 cm³/mol. The third-order valence-corrected chi connectivity index (χ3v) is 3.94. The average Bonchev–Trinajstić information content (AvgIpc) is 2.33. The predicted octanol–water partition coefficient (Wildman–Crippen LogP) is 0.735. The molecule has 2 rings (SSSR count). The number of benzene rings is 1. The maximum atomic E-state index is 13.8. The summed E-state index contributed by atoms with van der Waals surface area (Å²) in [6.07, 6.45) is -0.0434. The molecule has 1 heterocycles. The van der Waals surface area contributed by atoms with Gasteiger partial charge >= 0.3 is 0 Å². The highest BCUT2D eigenvalue weighted by Crippen LogP contribution is 2.35. The third kappa shape index (κ3) is 2.70. The number of rotatable bonds is 2. The van der Waals surface area contributed by atoms with Crippen LogP contribution in [-0.2, 0) is 14.6 Å². The van der Waals surface area contributed by atoms with Crippen molar-refractivity contribution in [3.05, 3.63) is 23.3 Å². The van der Waals surface area contributed by atoms with Gasteiger partial charge in [0.1, 0.15) is 10.7 Å². The van der Waals surface area contributed by atoms with Crippen molar-refractivity contribution in [2.24, 2.45) is 0 Å². The Hall–Kier alpha value is -1.25. The Balaban J connectivity index is 2.54. The van der Waals surface area contributed by atoms with Gasteiger partial charge in [-0.1, -0.05) is 0 Å². The van der Waals surface area contributed by atoms with Crippen molar-refractivity contribution >= 4 is 9.84 Å². The Morgan fingerprint density at radius 2 is 2.16 bits per heavy atom. The number of phenols is 1. The average molecular weight is 293 g/mol. The van der Waals surface area contributed by atoms with Crippen LogP contribution in [0.1, 0.15) is 11.7 Å². The minimum atomic E-state index is -4.10. The van der Waals surface area contributed by atoms with E-state index in [1.807, 2.05) is 0 Å². The number of nitrogens with one attached hydrogen (secondary N) is 1. The monoisotopic (exact) mass is 293 g/mol. The van der Waals surface area contributed by atoms with Gasteiger partial charge in [0.2, 0.25) is 0 Å². The molecule has 106 valence electrons. The minimum Gasteiger partial charge on any atom is -0.505 e. The first kappa shape index (κ1) is 14.2. The molecule has 1 aromatic rings. The number of hydrogen-bond donors (Lipinski definition) is 2. The summed E-state index contributed by atoms with van der Waals surface area (Å²) in [5.41, 5.74) is -0.102. The van der Waals surface area contributed by atoms with Gasteiger partial charge in [0.25, 0.3) is 0 Å². The van der Waals surface area contributed by atoms with E-state index >= 15 is 0 Å². The number of aromatic hydroxyl groups is 1. The second-order valence-electron chi connectivity index (χ2n) is 4.28. The van der Waals surface area contributed by atoms with Crippen molar-refractivity contribution in [3.8, 4) is 5.75 Å². The number of morpholine rings is 1. The standard InChI is InChI=1S/C11H13F2NO4S/c1-19(16,17)11-7(12)4-6(10(15)9(11)13)8-5-14-2-3-18-8/h4,8,14-15H,2-3,5H2,1H3. The van der Waals surface area contributed by atoms with E-state index in [9.17, 15) is 22.3 Å². The van der Waals surface area contributed by atoms with Gasteiger partial charge in [0, 0.05) is 24.9 Å². The molecule has 1 fully saturated rings. The Morgan fingerprint density at radius 1 is 1.47 bits per heavy atom. The van der Waals surface area contributed by atoms with Crippen LogP contribution in [0.3, 0.4) is 0 Å². The molecule has 1 saturated heterocycles. The topological polar surface area (TPSA) is 75.6 Å². The van der Waals surface area contributed by atoms with Gasteiger partial charge in [-0.05, 0) is 6.07 Å². The molecule has 0 saturated carbocycles. The Labute approximate surface area is 109 Å². The zero-order chi connectivity index (χ0) is 14.2. The summed E-state index contributed by atoms with van der Waals surface area (Å²) in [6.45, 7) is 1.22. The van der Waals surface area contributed by atoms with Gasteiger partial charge in [-0.15, -0.1) is 0 Å². The lowest BCUT2D eigenvalue weighted by Crippen LogP contribution is -2.33. The molecule has 0 amide bonds. The van der Waals surface area contributed by atoms with Gasteiger partial charge in [-0.2, -0.15) is 0 Å². The molecule has 1 aliphatic rings. The SMILES string of the molecule is CS(=O)(=O)c1c(F)cc(C2CNCCO2)c(O)c1F. The first-order valence-electron chi connectivity index (χ1n) is 5.55. The molecule has 1 aromatic carbocycles. The van der Waals surface area contributed by atoms with Crippen LogP contribution in [0.2, 0.25) is 0 Å². The van der Waals surface area contributed by atoms with E-state index < -0.39 is 38.2 Å². The van der Waals surface area contributed by atoms with Crippen LogP contribution in [0.25, 0.3) is 0 Å². The van der Waals surface area contributed by atoms with Crippen molar-refractivity contribution in [2.75, 3.05) is 26.0 Å². The summed E-state index contributed by atoms with van der Waals surface area (Å²) in [7, 11) is -4.10. The Kier molecular flexibility index (Phi) is 3.75. The number of sulfone groups is 1. The number of halogens is 2. The molecule has 0 aliphatic carbocycles. The summed E-state index contributed by atoms with van der Waals surface area (Å²) >= 11 is 0. The fourth-order valence-electron chi connectivity index (χ4n) is 1.96. The second kappa shape index (κ2) is 5.03. The van der Waals surface area contributed by atoms with Crippen LogP contribution < -0.4 is 5.32 Å². The molecule has 8 heteroatoms. The second-order valence-corrected chi connectivity index (χ2v) is 6.23. The van der Waals surface area contributed by atoms with E-state index in [2.05, 4.69) is 5.32 Å². The zero-order valence-electron chi connectivity index (χ0n) is 10.1. The van der Waals surface area contributed by atoms with E-state index in [0.717, 1.165) is 6.07 Å². The normalized spacial score (nSPS) is 20.5. The van der Waals surface area contributed by atoms with Crippen LogP contribution in [0, 0.1) is 11.6 Å². The molecule has 5 nitrogen and oxygen atoms in total. The van der Waals surface area contributed by atoms with Crippen LogP contribution in [0.5, 0.6) is 5.75 Å². The first-order chi connectivity index (χ1) is 8.82. The number of phenolic OH excluding ortho intramolecular Hbond substituents is 1. The van der Waals surface area contributed by atoms with Crippen molar-refractivity contribution in [3.63, 3.8) is 0 Å². The Bertz CT molecular complexity index is 597. The lowest BCUT2D eigenvalue weighted by atomic mass is 10.1. The van der Waals surface area contributed by atoms with Gasteiger partial charge in [-0.25, -0.2) is 17.2 Å². The molecule has 1 atom stereocenters.